The summed E-state index contributed by atoms with van der Waals surface area (Å²) in [6.07, 6.45) is 1.51. The fourth-order valence-corrected chi connectivity index (χ4v) is 3.90. The van der Waals surface area contributed by atoms with Gasteiger partial charge >= 0.3 is 5.97 Å². The van der Waals surface area contributed by atoms with Gasteiger partial charge in [-0.1, -0.05) is 12.1 Å². The minimum atomic E-state index is -0.604. The first-order valence-electron chi connectivity index (χ1n) is 9.33. The van der Waals surface area contributed by atoms with E-state index in [1.807, 2.05) is 30.5 Å². The number of benzene rings is 2. The molecule has 0 spiro atoms. The van der Waals surface area contributed by atoms with Crippen molar-refractivity contribution in [1.82, 2.24) is 0 Å². The Morgan fingerprint density at radius 2 is 1.83 bits per heavy atom. The Labute approximate surface area is 173 Å². The predicted molar refractivity (Wildman–Crippen MR) is 113 cm³/mol. The van der Waals surface area contributed by atoms with Crippen molar-refractivity contribution in [2.75, 3.05) is 12.4 Å². The molecule has 148 valence electrons. The van der Waals surface area contributed by atoms with Crippen LogP contribution in [0.25, 0.3) is 0 Å². The van der Waals surface area contributed by atoms with E-state index in [1.54, 1.807) is 42.8 Å². The first-order valence-corrected chi connectivity index (χ1v) is 10.3. The first kappa shape index (κ1) is 19.2. The van der Waals surface area contributed by atoms with Crippen LogP contribution in [-0.2, 0) is 10.2 Å². The van der Waals surface area contributed by atoms with Crippen LogP contribution in [0.1, 0.15) is 34.3 Å². The van der Waals surface area contributed by atoms with E-state index in [9.17, 15) is 9.59 Å². The van der Waals surface area contributed by atoms with Gasteiger partial charge in [0.2, 0.25) is 0 Å². The highest BCUT2D eigenvalue weighted by Gasteiger charge is 2.53. The third-order valence-electron chi connectivity index (χ3n) is 5.21. The zero-order valence-corrected chi connectivity index (χ0v) is 17.0. The number of anilines is 1. The molecule has 5 nitrogen and oxygen atoms in total. The van der Waals surface area contributed by atoms with Crippen molar-refractivity contribution in [2.45, 2.75) is 25.2 Å². The van der Waals surface area contributed by atoms with E-state index < -0.39 is 5.41 Å². The van der Waals surface area contributed by atoms with Crippen molar-refractivity contribution >= 4 is 28.9 Å². The van der Waals surface area contributed by atoms with Crippen LogP contribution in [0.3, 0.4) is 0 Å². The van der Waals surface area contributed by atoms with E-state index >= 15 is 0 Å². The summed E-state index contributed by atoms with van der Waals surface area (Å²) in [5, 5.41) is 6.47. The molecule has 1 aliphatic carbocycles. The number of aryl methyl sites for hydroxylation is 1. The molecule has 0 unspecified atom stereocenters. The van der Waals surface area contributed by atoms with Crippen LogP contribution in [0.2, 0.25) is 0 Å². The molecule has 1 amide bonds. The van der Waals surface area contributed by atoms with Crippen LogP contribution >= 0.6 is 11.3 Å². The normalized spacial score (nSPS) is 14.1. The van der Waals surface area contributed by atoms with Gasteiger partial charge in [0.1, 0.15) is 11.5 Å². The second-order valence-electron chi connectivity index (χ2n) is 7.15. The highest BCUT2D eigenvalue weighted by atomic mass is 32.1. The number of methoxy groups -OCH3 is 1. The Hall–Kier alpha value is -3.12. The molecular formula is C23H21NO4S. The number of thiophene rings is 1. The van der Waals surface area contributed by atoms with Crippen LogP contribution in [0.5, 0.6) is 11.5 Å². The molecule has 1 saturated carbocycles. The van der Waals surface area contributed by atoms with E-state index in [0.29, 0.717) is 17.0 Å². The quantitative estimate of drug-likeness (QED) is 0.464. The van der Waals surface area contributed by atoms with Gasteiger partial charge in [0.05, 0.1) is 18.1 Å². The van der Waals surface area contributed by atoms with E-state index in [0.717, 1.165) is 29.7 Å². The second-order valence-corrected chi connectivity index (χ2v) is 7.93. The minimum absolute atomic E-state index is 0.166. The molecular weight excluding hydrogens is 386 g/mol. The topological polar surface area (TPSA) is 64.6 Å². The maximum atomic E-state index is 12.9. The number of nitrogens with one attached hydrogen (secondary N) is 1. The number of carbonyl (C=O) groups is 2. The molecule has 0 radical (unpaired) electrons. The SMILES string of the molecule is COc1cc(C2(C(=O)Oc3ccc(NC(=O)c4ccsc4)cc3)CC2)ccc1C. The molecule has 1 aliphatic rings. The summed E-state index contributed by atoms with van der Waals surface area (Å²) >= 11 is 1.47. The van der Waals surface area contributed by atoms with Gasteiger partial charge in [-0.15, -0.1) is 0 Å². The fourth-order valence-electron chi connectivity index (χ4n) is 3.26. The smallest absolute Gasteiger partial charge is 0.321 e. The molecule has 0 saturated heterocycles. The van der Waals surface area contributed by atoms with Gasteiger partial charge in [0.15, 0.2) is 0 Å². The molecule has 2 aromatic carbocycles. The van der Waals surface area contributed by atoms with Crippen LogP contribution in [0, 0.1) is 6.92 Å². The highest BCUT2D eigenvalue weighted by molar-refractivity contribution is 7.08. The van der Waals surface area contributed by atoms with Crippen molar-refractivity contribution in [2.24, 2.45) is 0 Å². The number of carbonyl (C=O) groups excluding carboxylic acids is 2. The minimum Gasteiger partial charge on any atom is -0.496 e. The summed E-state index contributed by atoms with van der Waals surface area (Å²) in [5.41, 5.74) is 2.61. The molecule has 1 heterocycles. The number of hydrogen-bond donors (Lipinski definition) is 1. The van der Waals surface area contributed by atoms with Crippen molar-refractivity contribution < 1.29 is 19.1 Å². The maximum Gasteiger partial charge on any atom is 0.321 e. The van der Waals surface area contributed by atoms with E-state index in [1.165, 1.54) is 11.3 Å². The molecule has 1 N–H and O–H groups in total. The Morgan fingerprint density at radius 3 is 2.45 bits per heavy atom. The monoisotopic (exact) mass is 407 g/mol. The van der Waals surface area contributed by atoms with E-state index in [4.69, 9.17) is 9.47 Å². The standard InChI is InChI=1S/C23H21NO4S/c1-15-3-4-17(13-20(15)27-2)23(10-11-23)22(26)28-19-7-5-18(6-8-19)24-21(25)16-9-12-29-14-16/h3-9,12-14H,10-11H2,1-2H3,(H,24,25). The number of ether oxygens (including phenoxy) is 2. The molecule has 29 heavy (non-hydrogen) atoms. The Morgan fingerprint density at radius 1 is 1.07 bits per heavy atom. The molecule has 4 rings (SSSR count). The van der Waals surface area contributed by atoms with Crippen molar-refractivity contribution in [1.29, 1.82) is 0 Å². The van der Waals surface area contributed by atoms with E-state index in [2.05, 4.69) is 5.32 Å². The summed E-state index contributed by atoms with van der Waals surface area (Å²) in [6.45, 7) is 1.97. The number of hydrogen-bond acceptors (Lipinski definition) is 5. The Bertz CT molecular complexity index is 1040. The maximum absolute atomic E-state index is 12.9. The first-order chi connectivity index (χ1) is 14.0. The molecule has 0 bridgehead atoms. The average Bonchev–Trinajstić information content (AvgIpc) is 3.35. The van der Waals surface area contributed by atoms with Crippen molar-refractivity contribution in [3.8, 4) is 11.5 Å². The average molecular weight is 407 g/mol. The summed E-state index contributed by atoms with van der Waals surface area (Å²) in [4.78, 5) is 25.0. The molecule has 0 aliphatic heterocycles. The van der Waals surface area contributed by atoms with Crippen molar-refractivity contribution in [3.63, 3.8) is 0 Å². The van der Waals surface area contributed by atoms with Crippen LogP contribution in [-0.4, -0.2) is 19.0 Å². The number of amides is 1. The van der Waals surface area contributed by atoms with Crippen LogP contribution in [0.4, 0.5) is 5.69 Å². The largest absolute Gasteiger partial charge is 0.496 e. The molecule has 3 aromatic rings. The molecule has 6 heteroatoms. The summed E-state index contributed by atoms with van der Waals surface area (Å²) in [7, 11) is 1.63. The van der Waals surface area contributed by atoms with Gasteiger partial charge in [-0.25, -0.2) is 0 Å². The van der Waals surface area contributed by atoms with Gasteiger partial charge in [-0.2, -0.15) is 11.3 Å². The summed E-state index contributed by atoms with van der Waals surface area (Å²) < 4.78 is 11.0. The lowest BCUT2D eigenvalue weighted by Crippen LogP contribution is -2.26. The lowest BCUT2D eigenvalue weighted by molar-refractivity contribution is -0.137. The van der Waals surface area contributed by atoms with Gasteiger partial charge in [-0.3, -0.25) is 9.59 Å². The third-order valence-corrected chi connectivity index (χ3v) is 5.89. The summed E-state index contributed by atoms with van der Waals surface area (Å²) in [5.74, 6) is 0.792. The van der Waals surface area contributed by atoms with Gasteiger partial charge in [-0.05, 0) is 72.7 Å². The van der Waals surface area contributed by atoms with Gasteiger partial charge < -0.3 is 14.8 Å². The Balaban J connectivity index is 1.44. The molecule has 1 fully saturated rings. The fraction of sp³-hybridized carbons (Fsp3) is 0.217. The van der Waals surface area contributed by atoms with Crippen LogP contribution in [0.15, 0.2) is 59.3 Å². The predicted octanol–water partition coefficient (Wildman–Crippen LogP) is 4.95. The second kappa shape index (κ2) is 7.72. The zero-order chi connectivity index (χ0) is 20.4. The number of esters is 1. The zero-order valence-electron chi connectivity index (χ0n) is 16.2. The van der Waals surface area contributed by atoms with Crippen molar-refractivity contribution in [3.05, 3.63) is 76.0 Å². The lowest BCUT2D eigenvalue weighted by Gasteiger charge is -2.16. The van der Waals surface area contributed by atoms with Crippen LogP contribution < -0.4 is 14.8 Å². The third kappa shape index (κ3) is 3.89. The summed E-state index contributed by atoms with van der Waals surface area (Å²) in [6, 6.07) is 14.4. The molecule has 0 atom stereocenters. The highest BCUT2D eigenvalue weighted by Crippen LogP contribution is 2.50. The Kier molecular flexibility index (Phi) is 5.11. The van der Waals surface area contributed by atoms with E-state index in [-0.39, 0.29) is 11.9 Å². The molecule has 1 aromatic heterocycles. The van der Waals surface area contributed by atoms with Gasteiger partial charge in [0.25, 0.3) is 5.91 Å². The number of rotatable bonds is 6. The lowest BCUT2D eigenvalue weighted by atomic mass is 9.94. The van der Waals surface area contributed by atoms with Gasteiger partial charge in [0, 0.05) is 11.1 Å².